The van der Waals surface area contributed by atoms with Crippen LogP contribution in [0, 0.1) is 12.7 Å². The molecule has 0 radical (unpaired) electrons. The average molecular weight is 378 g/mol. The van der Waals surface area contributed by atoms with Gasteiger partial charge in [0.05, 0.1) is 0 Å². The van der Waals surface area contributed by atoms with Gasteiger partial charge in [-0.15, -0.1) is 0 Å². The van der Waals surface area contributed by atoms with E-state index in [0.717, 1.165) is 6.07 Å². The second kappa shape index (κ2) is 8.06. The number of rotatable bonds is 3. The third kappa shape index (κ3) is 5.28. The van der Waals surface area contributed by atoms with Crippen LogP contribution in [0.3, 0.4) is 0 Å². The molecule has 1 saturated heterocycles. The lowest BCUT2D eigenvalue weighted by molar-refractivity contribution is -0.127. The number of Topliss-reactive ketones (excluding diaryl/α,β-unsaturated/α-hetero) is 1. The molecule has 1 aliphatic rings. The molecule has 1 aromatic rings. The zero-order chi connectivity index (χ0) is 20.4. The summed E-state index contributed by atoms with van der Waals surface area (Å²) in [5.41, 5.74) is -0.0980. The number of nitrogens with zero attached hydrogens (tertiary/aromatic N) is 2. The van der Waals surface area contributed by atoms with E-state index < -0.39 is 23.1 Å². The second-order valence-corrected chi connectivity index (χ2v) is 7.91. The van der Waals surface area contributed by atoms with Crippen molar-refractivity contribution < 1.29 is 23.5 Å². The van der Waals surface area contributed by atoms with Gasteiger partial charge in [-0.05, 0) is 52.2 Å². The Bertz CT molecular complexity index is 734. The van der Waals surface area contributed by atoms with Gasteiger partial charge in [-0.2, -0.15) is 0 Å². The molecule has 6 nitrogen and oxygen atoms in total. The lowest BCUT2D eigenvalue weighted by Gasteiger charge is -2.37. The maximum atomic E-state index is 13.7. The zero-order valence-electron chi connectivity index (χ0n) is 16.5. The molecule has 1 aromatic carbocycles. The van der Waals surface area contributed by atoms with Crippen molar-refractivity contribution in [1.82, 2.24) is 9.80 Å². The van der Waals surface area contributed by atoms with E-state index in [1.807, 2.05) is 20.8 Å². The summed E-state index contributed by atoms with van der Waals surface area (Å²) in [4.78, 5) is 40.0. The SMILES string of the molecule is Cc1ccc(C(=O)C(=O)N(C)C2CCN(C(=O)OC(C)(C)C)CC2)cc1F. The molecule has 27 heavy (non-hydrogen) atoms. The van der Waals surface area contributed by atoms with Gasteiger partial charge in [0.2, 0.25) is 5.78 Å². The van der Waals surface area contributed by atoms with Crippen LogP contribution in [-0.4, -0.2) is 59.4 Å². The van der Waals surface area contributed by atoms with Crippen LogP contribution in [0.25, 0.3) is 0 Å². The van der Waals surface area contributed by atoms with E-state index in [4.69, 9.17) is 4.74 Å². The maximum Gasteiger partial charge on any atom is 0.410 e. The first-order valence-corrected chi connectivity index (χ1v) is 9.05. The third-order valence-electron chi connectivity index (χ3n) is 4.61. The Labute approximate surface area is 159 Å². The number of hydrogen-bond acceptors (Lipinski definition) is 4. The van der Waals surface area contributed by atoms with Crippen LogP contribution in [0.5, 0.6) is 0 Å². The number of halogens is 1. The maximum absolute atomic E-state index is 13.7. The average Bonchev–Trinajstić information content (AvgIpc) is 2.61. The summed E-state index contributed by atoms with van der Waals surface area (Å²) in [5, 5.41) is 0. The molecule has 0 aliphatic carbocycles. The van der Waals surface area contributed by atoms with E-state index in [0.29, 0.717) is 31.5 Å². The minimum Gasteiger partial charge on any atom is -0.444 e. The Balaban J connectivity index is 1.95. The number of amides is 2. The van der Waals surface area contributed by atoms with Gasteiger partial charge in [-0.25, -0.2) is 9.18 Å². The van der Waals surface area contributed by atoms with Crippen LogP contribution in [0.15, 0.2) is 18.2 Å². The van der Waals surface area contributed by atoms with Crippen molar-refractivity contribution in [3.05, 3.63) is 35.1 Å². The van der Waals surface area contributed by atoms with Gasteiger partial charge >= 0.3 is 6.09 Å². The van der Waals surface area contributed by atoms with Crippen LogP contribution in [0.2, 0.25) is 0 Å². The van der Waals surface area contributed by atoms with Gasteiger partial charge in [0.25, 0.3) is 5.91 Å². The number of benzene rings is 1. The predicted molar refractivity (Wildman–Crippen MR) is 99.1 cm³/mol. The van der Waals surface area contributed by atoms with Crippen molar-refractivity contribution in [2.75, 3.05) is 20.1 Å². The molecule has 148 valence electrons. The minimum absolute atomic E-state index is 0.0427. The molecule has 7 heteroatoms. The molecule has 2 rings (SSSR count). The van der Waals surface area contributed by atoms with Crippen LogP contribution < -0.4 is 0 Å². The number of piperidine rings is 1. The van der Waals surface area contributed by atoms with Crippen molar-refractivity contribution in [3.63, 3.8) is 0 Å². The van der Waals surface area contributed by atoms with E-state index >= 15 is 0 Å². The summed E-state index contributed by atoms with van der Waals surface area (Å²) in [6, 6.07) is 3.87. The van der Waals surface area contributed by atoms with Gasteiger partial charge in [-0.3, -0.25) is 9.59 Å². The molecule has 1 heterocycles. The highest BCUT2D eigenvalue weighted by atomic mass is 19.1. The molecule has 0 unspecified atom stereocenters. The standard InChI is InChI=1S/C20H27FN2O4/c1-13-6-7-14(12-16(13)21)17(24)18(25)22(5)15-8-10-23(11-9-15)19(26)27-20(2,3)4/h6-7,12,15H,8-11H2,1-5H3. The smallest absolute Gasteiger partial charge is 0.410 e. The Hall–Kier alpha value is -2.44. The van der Waals surface area contributed by atoms with E-state index in [2.05, 4.69) is 0 Å². The highest BCUT2D eigenvalue weighted by Gasteiger charge is 2.32. The van der Waals surface area contributed by atoms with E-state index in [9.17, 15) is 18.8 Å². The van der Waals surface area contributed by atoms with Crippen LogP contribution in [0.1, 0.15) is 49.5 Å². The van der Waals surface area contributed by atoms with Crippen LogP contribution in [0.4, 0.5) is 9.18 Å². The predicted octanol–water partition coefficient (Wildman–Crippen LogP) is 3.17. The van der Waals surface area contributed by atoms with E-state index in [-0.39, 0.29) is 17.7 Å². The van der Waals surface area contributed by atoms with E-state index in [1.165, 1.54) is 17.0 Å². The third-order valence-corrected chi connectivity index (χ3v) is 4.61. The lowest BCUT2D eigenvalue weighted by atomic mass is 10.0. The first kappa shape index (κ1) is 20.9. The zero-order valence-corrected chi connectivity index (χ0v) is 16.5. The molecule has 0 spiro atoms. The summed E-state index contributed by atoms with van der Waals surface area (Å²) in [6.45, 7) is 7.92. The molecule has 0 N–H and O–H groups in total. The number of likely N-dealkylation sites (N-methyl/N-ethyl adjacent to an activating group) is 1. The van der Waals surface area contributed by atoms with E-state index in [1.54, 1.807) is 18.9 Å². The van der Waals surface area contributed by atoms with Crippen molar-refractivity contribution >= 4 is 17.8 Å². The van der Waals surface area contributed by atoms with Gasteiger partial charge in [0, 0.05) is 31.7 Å². The number of ketones is 1. The Kier molecular flexibility index (Phi) is 6.23. The number of ether oxygens (including phenoxy) is 1. The number of aryl methyl sites for hydroxylation is 1. The van der Waals surface area contributed by atoms with Crippen molar-refractivity contribution in [2.24, 2.45) is 0 Å². The molecule has 1 aliphatic heterocycles. The van der Waals surface area contributed by atoms with Gasteiger partial charge in [0.15, 0.2) is 0 Å². The van der Waals surface area contributed by atoms with Crippen molar-refractivity contribution in [2.45, 2.75) is 52.2 Å². The molecular weight excluding hydrogens is 351 g/mol. The van der Waals surface area contributed by atoms with Gasteiger partial charge in [-0.1, -0.05) is 12.1 Å². The second-order valence-electron chi connectivity index (χ2n) is 7.91. The highest BCUT2D eigenvalue weighted by Crippen LogP contribution is 2.19. The Morgan fingerprint density at radius 2 is 1.78 bits per heavy atom. The first-order chi connectivity index (χ1) is 12.5. The molecular formula is C20H27FN2O4. The Morgan fingerprint density at radius 1 is 1.19 bits per heavy atom. The fourth-order valence-electron chi connectivity index (χ4n) is 2.95. The lowest BCUT2D eigenvalue weighted by Crippen LogP contribution is -2.49. The van der Waals surface area contributed by atoms with Gasteiger partial charge < -0.3 is 14.5 Å². The molecule has 2 amide bonds. The molecule has 0 aromatic heterocycles. The van der Waals surface area contributed by atoms with Crippen molar-refractivity contribution in [3.8, 4) is 0 Å². The summed E-state index contributed by atoms with van der Waals surface area (Å²) in [5.74, 6) is -1.91. The van der Waals surface area contributed by atoms with Gasteiger partial charge in [0.1, 0.15) is 11.4 Å². The quantitative estimate of drug-likeness (QED) is 0.598. The van der Waals surface area contributed by atoms with Crippen LogP contribution in [-0.2, 0) is 9.53 Å². The molecule has 0 bridgehead atoms. The minimum atomic E-state index is -0.731. The summed E-state index contributed by atoms with van der Waals surface area (Å²) in [7, 11) is 1.57. The Morgan fingerprint density at radius 3 is 2.30 bits per heavy atom. The highest BCUT2D eigenvalue weighted by molar-refractivity contribution is 6.42. The number of carbonyl (C=O) groups is 3. The van der Waals surface area contributed by atoms with Crippen molar-refractivity contribution in [1.29, 1.82) is 0 Å². The summed E-state index contributed by atoms with van der Waals surface area (Å²) >= 11 is 0. The number of carbonyl (C=O) groups excluding carboxylic acids is 3. The molecule has 1 fully saturated rings. The fraction of sp³-hybridized carbons (Fsp3) is 0.550. The largest absolute Gasteiger partial charge is 0.444 e. The first-order valence-electron chi connectivity index (χ1n) is 9.05. The normalized spacial score (nSPS) is 15.4. The monoisotopic (exact) mass is 378 g/mol. The molecule has 0 saturated carbocycles. The van der Waals surface area contributed by atoms with Crippen LogP contribution >= 0.6 is 0 Å². The number of hydrogen-bond donors (Lipinski definition) is 0. The summed E-state index contributed by atoms with van der Waals surface area (Å²) < 4.78 is 19.0. The molecule has 0 atom stereocenters. The topological polar surface area (TPSA) is 66.9 Å². The fourth-order valence-corrected chi connectivity index (χ4v) is 2.95. The number of likely N-dealkylation sites (tertiary alicyclic amines) is 1. The summed E-state index contributed by atoms with van der Waals surface area (Å²) in [6.07, 6.45) is 0.731.